The lowest BCUT2D eigenvalue weighted by molar-refractivity contribution is 0.154. The number of hydrogen-bond acceptors (Lipinski definition) is 3. The normalized spacial score (nSPS) is 14.3. The van der Waals surface area contributed by atoms with E-state index < -0.39 is 0 Å². The SMILES string of the molecule is C[C@@H](NCC(C)(C)CO)c1cccs1. The summed E-state index contributed by atoms with van der Waals surface area (Å²) in [7, 11) is 0. The molecule has 0 amide bonds. The second-order valence-corrected chi connectivity index (χ2v) is 5.42. The van der Waals surface area contributed by atoms with Crippen molar-refractivity contribution >= 4 is 11.3 Å². The average molecular weight is 213 g/mol. The van der Waals surface area contributed by atoms with Crippen LogP contribution in [0.2, 0.25) is 0 Å². The van der Waals surface area contributed by atoms with Crippen molar-refractivity contribution in [2.24, 2.45) is 5.41 Å². The van der Waals surface area contributed by atoms with Crippen LogP contribution in [0.5, 0.6) is 0 Å². The summed E-state index contributed by atoms with van der Waals surface area (Å²) >= 11 is 1.76. The van der Waals surface area contributed by atoms with Crippen LogP contribution in [0.1, 0.15) is 31.7 Å². The number of rotatable bonds is 5. The quantitative estimate of drug-likeness (QED) is 0.787. The molecule has 0 aliphatic heterocycles. The van der Waals surface area contributed by atoms with E-state index in [0.717, 1.165) is 6.54 Å². The lowest BCUT2D eigenvalue weighted by Gasteiger charge is -2.24. The van der Waals surface area contributed by atoms with Crippen LogP contribution in [0.3, 0.4) is 0 Å². The van der Waals surface area contributed by atoms with Gasteiger partial charge in [-0.25, -0.2) is 0 Å². The second kappa shape index (κ2) is 4.91. The van der Waals surface area contributed by atoms with E-state index in [0.29, 0.717) is 6.04 Å². The Bertz CT molecular complexity index is 256. The van der Waals surface area contributed by atoms with Crippen LogP contribution in [-0.2, 0) is 0 Å². The molecule has 14 heavy (non-hydrogen) atoms. The molecule has 0 aromatic carbocycles. The van der Waals surface area contributed by atoms with E-state index in [2.05, 4.69) is 43.6 Å². The van der Waals surface area contributed by atoms with Crippen molar-refractivity contribution in [1.29, 1.82) is 0 Å². The Balaban J connectivity index is 2.39. The van der Waals surface area contributed by atoms with Gasteiger partial charge < -0.3 is 10.4 Å². The molecule has 0 aliphatic rings. The summed E-state index contributed by atoms with van der Waals surface area (Å²) in [6, 6.07) is 4.57. The summed E-state index contributed by atoms with van der Waals surface area (Å²) in [6.07, 6.45) is 0. The van der Waals surface area contributed by atoms with Gasteiger partial charge in [-0.05, 0) is 18.4 Å². The van der Waals surface area contributed by atoms with Crippen molar-refractivity contribution in [3.8, 4) is 0 Å². The molecule has 80 valence electrons. The highest BCUT2D eigenvalue weighted by atomic mass is 32.1. The number of nitrogens with one attached hydrogen (secondary N) is 1. The van der Waals surface area contributed by atoms with Gasteiger partial charge in [-0.1, -0.05) is 19.9 Å². The van der Waals surface area contributed by atoms with E-state index in [9.17, 15) is 0 Å². The Morgan fingerprint density at radius 1 is 1.57 bits per heavy atom. The Kier molecular flexibility index (Phi) is 4.11. The van der Waals surface area contributed by atoms with E-state index in [1.807, 2.05) is 0 Å². The Morgan fingerprint density at radius 2 is 2.29 bits per heavy atom. The molecule has 2 nitrogen and oxygen atoms in total. The van der Waals surface area contributed by atoms with Crippen molar-refractivity contribution in [2.45, 2.75) is 26.8 Å². The molecule has 0 saturated heterocycles. The topological polar surface area (TPSA) is 32.3 Å². The molecule has 1 rings (SSSR count). The first-order valence-electron chi connectivity index (χ1n) is 4.93. The van der Waals surface area contributed by atoms with Gasteiger partial charge in [0.1, 0.15) is 0 Å². The molecule has 0 bridgehead atoms. The van der Waals surface area contributed by atoms with Crippen molar-refractivity contribution in [2.75, 3.05) is 13.2 Å². The molecule has 1 heterocycles. The smallest absolute Gasteiger partial charge is 0.0494 e. The van der Waals surface area contributed by atoms with E-state index in [-0.39, 0.29) is 12.0 Å². The highest BCUT2D eigenvalue weighted by Gasteiger charge is 2.17. The minimum atomic E-state index is -0.0362. The molecule has 1 atom stereocenters. The molecule has 0 fully saturated rings. The van der Waals surface area contributed by atoms with E-state index in [1.165, 1.54) is 4.88 Å². The van der Waals surface area contributed by atoms with Gasteiger partial charge in [0.25, 0.3) is 0 Å². The van der Waals surface area contributed by atoms with Gasteiger partial charge in [0.15, 0.2) is 0 Å². The van der Waals surface area contributed by atoms with Crippen LogP contribution in [0.4, 0.5) is 0 Å². The lowest BCUT2D eigenvalue weighted by atomic mass is 9.94. The second-order valence-electron chi connectivity index (χ2n) is 4.44. The molecule has 1 aromatic heterocycles. The van der Waals surface area contributed by atoms with Gasteiger partial charge in [0.2, 0.25) is 0 Å². The van der Waals surface area contributed by atoms with Gasteiger partial charge in [-0.3, -0.25) is 0 Å². The maximum absolute atomic E-state index is 9.10. The zero-order chi connectivity index (χ0) is 10.6. The van der Waals surface area contributed by atoms with Crippen molar-refractivity contribution < 1.29 is 5.11 Å². The summed E-state index contributed by atoms with van der Waals surface area (Å²) in [5, 5.41) is 14.6. The first-order chi connectivity index (χ1) is 6.55. The summed E-state index contributed by atoms with van der Waals surface area (Å²) in [6.45, 7) is 7.32. The molecule has 0 saturated carbocycles. The molecule has 0 aliphatic carbocycles. The summed E-state index contributed by atoms with van der Waals surface area (Å²) in [4.78, 5) is 1.35. The maximum Gasteiger partial charge on any atom is 0.0494 e. The average Bonchev–Trinajstić information content (AvgIpc) is 2.67. The van der Waals surface area contributed by atoms with Crippen molar-refractivity contribution in [3.05, 3.63) is 22.4 Å². The molecular formula is C11H19NOS. The summed E-state index contributed by atoms with van der Waals surface area (Å²) < 4.78 is 0. The van der Waals surface area contributed by atoms with Gasteiger partial charge in [0.05, 0.1) is 0 Å². The fraction of sp³-hybridized carbons (Fsp3) is 0.636. The van der Waals surface area contributed by atoms with Crippen LogP contribution < -0.4 is 5.32 Å². The molecule has 1 aromatic rings. The zero-order valence-corrected chi connectivity index (χ0v) is 9.90. The minimum absolute atomic E-state index is 0.0362. The first kappa shape index (κ1) is 11.7. The Morgan fingerprint density at radius 3 is 2.79 bits per heavy atom. The van der Waals surface area contributed by atoms with Crippen LogP contribution in [0.15, 0.2) is 17.5 Å². The van der Waals surface area contributed by atoms with Crippen molar-refractivity contribution in [3.63, 3.8) is 0 Å². The van der Waals surface area contributed by atoms with Crippen LogP contribution in [0, 0.1) is 5.41 Å². The molecule has 0 spiro atoms. The highest BCUT2D eigenvalue weighted by Crippen LogP contribution is 2.20. The number of aliphatic hydroxyl groups is 1. The molecular weight excluding hydrogens is 194 g/mol. The first-order valence-corrected chi connectivity index (χ1v) is 5.81. The minimum Gasteiger partial charge on any atom is -0.396 e. The van der Waals surface area contributed by atoms with Crippen LogP contribution in [0.25, 0.3) is 0 Å². The van der Waals surface area contributed by atoms with Gasteiger partial charge in [-0.2, -0.15) is 0 Å². The van der Waals surface area contributed by atoms with Crippen LogP contribution in [-0.4, -0.2) is 18.3 Å². The predicted molar refractivity (Wildman–Crippen MR) is 61.6 cm³/mol. The third-order valence-electron chi connectivity index (χ3n) is 2.28. The fourth-order valence-electron chi connectivity index (χ4n) is 1.12. The van der Waals surface area contributed by atoms with E-state index >= 15 is 0 Å². The standard InChI is InChI=1S/C11H19NOS/c1-9(10-5-4-6-14-10)12-7-11(2,3)8-13/h4-6,9,12-13H,7-8H2,1-3H3/t9-/m1/s1. The largest absolute Gasteiger partial charge is 0.396 e. The fourth-order valence-corrected chi connectivity index (χ4v) is 1.88. The van der Waals surface area contributed by atoms with Gasteiger partial charge >= 0.3 is 0 Å². The van der Waals surface area contributed by atoms with Gasteiger partial charge in [0, 0.05) is 29.5 Å². The predicted octanol–water partition coefficient (Wildman–Crippen LogP) is 2.42. The van der Waals surface area contributed by atoms with Crippen LogP contribution >= 0.6 is 11.3 Å². The maximum atomic E-state index is 9.10. The zero-order valence-electron chi connectivity index (χ0n) is 9.08. The summed E-state index contributed by atoms with van der Waals surface area (Å²) in [5.41, 5.74) is -0.0362. The number of hydrogen-bond donors (Lipinski definition) is 2. The van der Waals surface area contributed by atoms with E-state index in [1.54, 1.807) is 11.3 Å². The van der Waals surface area contributed by atoms with E-state index in [4.69, 9.17) is 5.11 Å². The number of aliphatic hydroxyl groups excluding tert-OH is 1. The molecule has 0 radical (unpaired) electrons. The highest BCUT2D eigenvalue weighted by molar-refractivity contribution is 7.10. The molecule has 3 heteroatoms. The van der Waals surface area contributed by atoms with Crippen molar-refractivity contribution in [1.82, 2.24) is 5.32 Å². The Hall–Kier alpha value is -0.380. The third kappa shape index (κ3) is 3.40. The number of thiophene rings is 1. The lowest BCUT2D eigenvalue weighted by Crippen LogP contribution is -2.33. The third-order valence-corrected chi connectivity index (χ3v) is 3.34. The van der Waals surface area contributed by atoms with Gasteiger partial charge in [-0.15, -0.1) is 11.3 Å². The monoisotopic (exact) mass is 213 g/mol. The Labute approximate surface area is 90.0 Å². The summed E-state index contributed by atoms with van der Waals surface area (Å²) in [5.74, 6) is 0. The molecule has 2 N–H and O–H groups in total. The molecule has 0 unspecified atom stereocenters.